The number of halogens is 3. The molecule has 4 nitrogen and oxygen atoms in total. The molecule has 0 aliphatic carbocycles. The van der Waals surface area contributed by atoms with Gasteiger partial charge >= 0.3 is 6.18 Å². The fourth-order valence-electron chi connectivity index (χ4n) is 2.26. The van der Waals surface area contributed by atoms with Crippen molar-refractivity contribution in [2.75, 3.05) is 13.7 Å². The third kappa shape index (κ3) is 4.30. The Hall–Kier alpha value is -1.37. The highest BCUT2D eigenvalue weighted by Crippen LogP contribution is 2.27. The Bertz CT molecular complexity index is 481. The predicted octanol–water partition coefficient (Wildman–Crippen LogP) is 3.18. The van der Waals surface area contributed by atoms with Crippen LogP contribution in [0.4, 0.5) is 13.2 Å². The normalized spacial score (nSPS) is 11.9. The first-order valence-corrected chi connectivity index (χ1v) is 7.05. The van der Waals surface area contributed by atoms with E-state index >= 15 is 0 Å². The monoisotopic (exact) mass is 306 g/mol. The zero-order valence-corrected chi connectivity index (χ0v) is 12.6. The smallest absolute Gasteiger partial charge is 0.385 e. The summed E-state index contributed by atoms with van der Waals surface area (Å²) in [5.41, 5.74) is 0.326. The highest BCUT2D eigenvalue weighted by molar-refractivity contribution is 6.02. The Morgan fingerprint density at radius 1 is 1.24 bits per heavy atom. The number of methoxy groups -OCH3 is 1. The minimum Gasteiger partial charge on any atom is -0.385 e. The molecule has 1 aromatic rings. The van der Waals surface area contributed by atoms with E-state index in [4.69, 9.17) is 4.74 Å². The lowest BCUT2D eigenvalue weighted by Crippen LogP contribution is -2.24. The molecule has 0 N–H and O–H groups in total. The number of nitrogens with zero attached hydrogens (tertiary/aromatic N) is 2. The van der Waals surface area contributed by atoms with Crippen molar-refractivity contribution < 1.29 is 22.7 Å². The van der Waals surface area contributed by atoms with E-state index in [9.17, 15) is 18.0 Å². The van der Waals surface area contributed by atoms with Crippen molar-refractivity contribution in [3.8, 4) is 0 Å². The van der Waals surface area contributed by atoms with Gasteiger partial charge in [-0.2, -0.15) is 18.3 Å². The molecule has 120 valence electrons. The average molecular weight is 306 g/mol. The summed E-state index contributed by atoms with van der Waals surface area (Å²) in [5, 5.41) is 4.19. The Morgan fingerprint density at radius 3 is 2.38 bits per heavy atom. The third-order valence-corrected chi connectivity index (χ3v) is 3.25. The van der Waals surface area contributed by atoms with E-state index in [-0.39, 0.29) is 11.3 Å². The number of carbonyl (C=O) groups is 1. The summed E-state index contributed by atoms with van der Waals surface area (Å²) in [5.74, 6) is -1.79. The number of Topliss-reactive ketones (excluding diaryl/α,β-unsaturated/α-hetero) is 1. The van der Waals surface area contributed by atoms with E-state index in [1.807, 2.05) is 0 Å². The maximum absolute atomic E-state index is 12.7. The molecule has 1 aromatic heterocycles. The number of ketones is 1. The van der Waals surface area contributed by atoms with Gasteiger partial charge in [0.15, 0.2) is 0 Å². The lowest BCUT2D eigenvalue weighted by molar-refractivity contribution is -0.0886. The predicted molar refractivity (Wildman–Crippen MR) is 72.5 cm³/mol. The van der Waals surface area contributed by atoms with Crippen molar-refractivity contribution in [2.45, 2.75) is 52.3 Å². The molecule has 0 radical (unpaired) electrons. The first kappa shape index (κ1) is 17.7. The lowest BCUT2D eigenvalue weighted by atomic mass is 10.0. The molecule has 0 atom stereocenters. The summed E-state index contributed by atoms with van der Waals surface area (Å²) in [6, 6.07) is 0. The first-order chi connectivity index (χ1) is 9.86. The van der Waals surface area contributed by atoms with Crippen molar-refractivity contribution in [1.29, 1.82) is 0 Å². The summed E-state index contributed by atoms with van der Waals surface area (Å²) < 4.78 is 44.7. The van der Waals surface area contributed by atoms with E-state index in [1.54, 1.807) is 21.0 Å². The minimum absolute atomic E-state index is 0.223. The van der Waals surface area contributed by atoms with Gasteiger partial charge in [-0.25, -0.2) is 0 Å². The molecule has 0 spiro atoms. The summed E-state index contributed by atoms with van der Waals surface area (Å²) in [6.45, 7) is 4.52. The van der Waals surface area contributed by atoms with Crippen molar-refractivity contribution >= 4 is 5.78 Å². The van der Waals surface area contributed by atoms with Crippen LogP contribution in [0.1, 0.15) is 48.4 Å². The molecule has 7 heteroatoms. The van der Waals surface area contributed by atoms with Gasteiger partial charge in [0, 0.05) is 26.0 Å². The van der Waals surface area contributed by atoms with E-state index in [0.29, 0.717) is 31.7 Å². The Kier molecular flexibility index (Phi) is 6.39. The lowest BCUT2D eigenvalue weighted by Gasteiger charge is -2.09. The van der Waals surface area contributed by atoms with Crippen LogP contribution >= 0.6 is 0 Å². The zero-order chi connectivity index (χ0) is 16.0. The fraction of sp³-hybridized carbons (Fsp3) is 0.714. The van der Waals surface area contributed by atoms with Crippen LogP contribution in [-0.4, -0.2) is 35.5 Å². The minimum atomic E-state index is -4.86. The molecule has 0 aromatic carbocycles. The largest absolute Gasteiger partial charge is 0.455 e. The molecule has 0 saturated heterocycles. The molecule has 1 heterocycles. The van der Waals surface area contributed by atoms with Crippen LogP contribution in [0.3, 0.4) is 0 Å². The summed E-state index contributed by atoms with van der Waals surface area (Å²) >= 11 is 0. The molecular formula is C14H21F3N2O2. The van der Waals surface area contributed by atoms with Crippen LogP contribution in [0.2, 0.25) is 0 Å². The number of aromatic nitrogens is 2. The van der Waals surface area contributed by atoms with Gasteiger partial charge in [-0.3, -0.25) is 9.48 Å². The highest BCUT2D eigenvalue weighted by Gasteiger charge is 2.42. The number of unbranched alkanes of at least 4 members (excludes halogenated alkanes) is 1. The summed E-state index contributed by atoms with van der Waals surface area (Å²) in [4.78, 5) is 11.6. The van der Waals surface area contributed by atoms with Gasteiger partial charge in [-0.1, -0.05) is 13.8 Å². The molecule has 0 amide bonds. The average Bonchev–Trinajstić information content (AvgIpc) is 2.79. The summed E-state index contributed by atoms with van der Waals surface area (Å²) in [7, 11) is 1.60. The van der Waals surface area contributed by atoms with E-state index < -0.39 is 12.0 Å². The quantitative estimate of drug-likeness (QED) is 0.547. The van der Waals surface area contributed by atoms with Gasteiger partial charge < -0.3 is 4.74 Å². The van der Waals surface area contributed by atoms with Gasteiger partial charge in [0.25, 0.3) is 5.78 Å². The van der Waals surface area contributed by atoms with E-state index in [1.165, 1.54) is 4.68 Å². The van der Waals surface area contributed by atoms with Gasteiger partial charge in [-0.15, -0.1) is 0 Å². The zero-order valence-electron chi connectivity index (χ0n) is 12.6. The van der Waals surface area contributed by atoms with Crippen LogP contribution in [0.5, 0.6) is 0 Å². The Labute approximate surface area is 122 Å². The highest BCUT2D eigenvalue weighted by atomic mass is 19.4. The molecule has 0 bridgehead atoms. The maximum atomic E-state index is 12.7. The number of hydrogen-bond donors (Lipinski definition) is 0. The molecule has 0 fully saturated rings. The number of rotatable bonds is 8. The van der Waals surface area contributed by atoms with Crippen molar-refractivity contribution in [2.24, 2.45) is 0 Å². The molecule has 0 aliphatic rings. The van der Waals surface area contributed by atoms with Crippen LogP contribution in [-0.2, 0) is 24.1 Å². The molecule has 0 saturated carbocycles. The van der Waals surface area contributed by atoms with Gasteiger partial charge in [-0.05, 0) is 25.7 Å². The molecule has 0 unspecified atom stereocenters. The van der Waals surface area contributed by atoms with Crippen LogP contribution < -0.4 is 0 Å². The fourth-order valence-corrected chi connectivity index (χ4v) is 2.26. The summed E-state index contributed by atoms with van der Waals surface area (Å²) in [6.07, 6.45) is -2.68. The Balaban J connectivity index is 3.07. The van der Waals surface area contributed by atoms with Gasteiger partial charge in [0.1, 0.15) is 0 Å². The number of alkyl halides is 3. The van der Waals surface area contributed by atoms with Crippen LogP contribution in [0.25, 0.3) is 0 Å². The molecular weight excluding hydrogens is 285 g/mol. The van der Waals surface area contributed by atoms with Gasteiger partial charge in [0.2, 0.25) is 0 Å². The standard InChI is InChI=1S/C14H21F3N2O2/c1-4-10-12(13(20)14(15,16)17)11(5-2)19(18-10)8-6-7-9-21-3/h4-9H2,1-3H3. The van der Waals surface area contributed by atoms with E-state index in [0.717, 1.165) is 12.8 Å². The third-order valence-electron chi connectivity index (χ3n) is 3.25. The van der Waals surface area contributed by atoms with E-state index in [2.05, 4.69) is 5.10 Å². The number of ether oxygens (including phenoxy) is 1. The van der Waals surface area contributed by atoms with Crippen molar-refractivity contribution in [3.63, 3.8) is 0 Å². The second-order valence-corrected chi connectivity index (χ2v) is 4.73. The molecule has 21 heavy (non-hydrogen) atoms. The second-order valence-electron chi connectivity index (χ2n) is 4.73. The number of aryl methyl sites for hydroxylation is 2. The SMILES string of the molecule is CCc1nn(CCCCOC)c(CC)c1C(=O)C(F)(F)F. The van der Waals surface area contributed by atoms with Gasteiger partial charge in [0.05, 0.1) is 11.3 Å². The van der Waals surface area contributed by atoms with Crippen LogP contribution in [0, 0.1) is 0 Å². The molecule has 1 rings (SSSR count). The number of hydrogen-bond acceptors (Lipinski definition) is 3. The van der Waals surface area contributed by atoms with Crippen LogP contribution in [0.15, 0.2) is 0 Å². The first-order valence-electron chi connectivity index (χ1n) is 7.05. The molecule has 0 aliphatic heterocycles. The Morgan fingerprint density at radius 2 is 1.90 bits per heavy atom. The maximum Gasteiger partial charge on any atom is 0.455 e. The van der Waals surface area contributed by atoms with Crippen molar-refractivity contribution in [3.05, 3.63) is 17.0 Å². The van der Waals surface area contributed by atoms with Crippen molar-refractivity contribution in [1.82, 2.24) is 9.78 Å². The second kappa shape index (κ2) is 7.59. The topological polar surface area (TPSA) is 44.1 Å². The number of carbonyl (C=O) groups excluding carboxylic acids is 1.